The number of amides is 1. The molecule has 2 rings (SSSR count). The first kappa shape index (κ1) is 19.1. The van der Waals surface area contributed by atoms with E-state index in [0.717, 1.165) is 0 Å². The number of pyridine rings is 1. The average molecular weight is 363 g/mol. The lowest BCUT2D eigenvalue weighted by Gasteiger charge is -2.20. The van der Waals surface area contributed by atoms with Crippen LogP contribution >= 0.6 is 11.6 Å². The van der Waals surface area contributed by atoms with Crippen molar-refractivity contribution in [1.82, 2.24) is 10.3 Å². The molecule has 6 heteroatoms. The highest BCUT2D eigenvalue weighted by molar-refractivity contribution is 6.30. The summed E-state index contributed by atoms with van der Waals surface area (Å²) in [5, 5.41) is 2.85. The summed E-state index contributed by atoms with van der Waals surface area (Å²) in [5.41, 5.74) is 1.14. The molecule has 0 saturated carbocycles. The number of rotatable bonds is 5. The summed E-state index contributed by atoms with van der Waals surface area (Å²) in [4.78, 5) is 28.4. The molecular formula is C19H20ClFN2O2. The quantitative estimate of drug-likeness (QED) is 0.881. The SMILES string of the molecule is CC(C)(C)NC(=O)c1cc(CC(=O)Cc2ccc(Cl)c(F)c2)ccn1. The van der Waals surface area contributed by atoms with E-state index in [0.29, 0.717) is 11.1 Å². The Balaban J connectivity index is 2.04. The van der Waals surface area contributed by atoms with Gasteiger partial charge < -0.3 is 5.32 Å². The third kappa shape index (κ3) is 5.94. The van der Waals surface area contributed by atoms with Gasteiger partial charge in [0, 0.05) is 24.6 Å². The van der Waals surface area contributed by atoms with Crippen molar-refractivity contribution in [3.05, 3.63) is 64.2 Å². The van der Waals surface area contributed by atoms with E-state index >= 15 is 0 Å². The average Bonchev–Trinajstić information content (AvgIpc) is 2.49. The fraction of sp³-hybridized carbons (Fsp3) is 0.316. The zero-order valence-corrected chi connectivity index (χ0v) is 15.2. The highest BCUT2D eigenvalue weighted by Gasteiger charge is 2.17. The number of carbonyl (C=O) groups excluding carboxylic acids is 2. The monoisotopic (exact) mass is 362 g/mol. The second kappa shape index (κ2) is 7.74. The predicted molar refractivity (Wildman–Crippen MR) is 95.3 cm³/mol. The third-order valence-corrected chi connectivity index (χ3v) is 3.64. The van der Waals surface area contributed by atoms with Crippen molar-refractivity contribution in [2.24, 2.45) is 0 Å². The number of ketones is 1. The molecule has 0 unspecified atom stereocenters. The second-order valence-electron chi connectivity index (χ2n) is 6.89. The van der Waals surface area contributed by atoms with Crippen LogP contribution in [0.5, 0.6) is 0 Å². The van der Waals surface area contributed by atoms with Crippen molar-refractivity contribution in [2.45, 2.75) is 39.2 Å². The van der Waals surface area contributed by atoms with Gasteiger partial charge in [0.1, 0.15) is 17.3 Å². The van der Waals surface area contributed by atoms with Crippen molar-refractivity contribution >= 4 is 23.3 Å². The zero-order chi connectivity index (χ0) is 18.6. The summed E-state index contributed by atoms with van der Waals surface area (Å²) in [6.07, 6.45) is 1.74. The maximum absolute atomic E-state index is 13.4. The number of carbonyl (C=O) groups is 2. The van der Waals surface area contributed by atoms with Crippen molar-refractivity contribution in [2.75, 3.05) is 0 Å². The van der Waals surface area contributed by atoms with Gasteiger partial charge in [0.25, 0.3) is 5.91 Å². The van der Waals surface area contributed by atoms with E-state index in [1.54, 1.807) is 18.2 Å². The Morgan fingerprint density at radius 1 is 1.12 bits per heavy atom. The molecule has 0 aliphatic heterocycles. The topological polar surface area (TPSA) is 59.1 Å². The summed E-state index contributed by atoms with van der Waals surface area (Å²) in [6.45, 7) is 5.64. The van der Waals surface area contributed by atoms with Gasteiger partial charge in [-0.2, -0.15) is 0 Å². The number of hydrogen-bond acceptors (Lipinski definition) is 3. The molecule has 2 aromatic rings. The fourth-order valence-corrected chi connectivity index (χ4v) is 2.40. The smallest absolute Gasteiger partial charge is 0.270 e. The van der Waals surface area contributed by atoms with Crippen molar-refractivity contribution < 1.29 is 14.0 Å². The minimum atomic E-state index is -0.544. The van der Waals surface area contributed by atoms with Crippen molar-refractivity contribution in [3.63, 3.8) is 0 Å². The molecule has 4 nitrogen and oxygen atoms in total. The Hall–Kier alpha value is -2.27. The molecule has 0 aliphatic rings. The molecule has 1 aromatic heterocycles. The Labute approximate surface area is 151 Å². The summed E-state index contributed by atoms with van der Waals surface area (Å²) >= 11 is 5.64. The molecule has 0 fully saturated rings. The van der Waals surface area contributed by atoms with Crippen LogP contribution in [0.1, 0.15) is 42.4 Å². The lowest BCUT2D eigenvalue weighted by atomic mass is 10.0. The van der Waals surface area contributed by atoms with Crippen LogP contribution in [0.3, 0.4) is 0 Å². The number of halogens is 2. The van der Waals surface area contributed by atoms with E-state index in [1.807, 2.05) is 20.8 Å². The van der Waals surface area contributed by atoms with Gasteiger partial charge in [-0.25, -0.2) is 4.39 Å². The first-order valence-electron chi connectivity index (χ1n) is 7.87. The van der Waals surface area contributed by atoms with Gasteiger partial charge in [0.15, 0.2) is 0 Å². The fourth-order valence-electron chi connectivity index (χ4n) is 2.28. The molecule has 0 radical (unpaired) electrons. The molecule has 132 valence electrons. The second-order valence-corrected chi connectivity index (χ2v) is 7.30. The van der Waals surface area contributed by atoms with Crippen LogP contribution in [0.25, 0.3) is 0 Å². The Morgan fingerprint density at radius 3 is 2.36 bits per heavy atom. The van der Waals surface area contributed by atoms with Crippen LogP contribution in [0, 0.1) is 5.82 Å². The highest BCUT2D eigenvalue weighted by Crippen LogP contribution is 2.16. The van der Waals surface area contributed by atoms with E-state index in [2.05, 4.69) is 10.3 Å². The third-order valence-electron chi connectivity index (χ3n) is 3.33. The number of benzene rings is 1. The molecule has 1 aromatic carbocycles. The largest absolute Gasteiger partial charge is 0.346 e. The Morgan fingerprint density at radius 2 is 1.76 bits per heavy atom. The van der Waals surface area contributed by atoms with Gasteiger partial charge in [0.05, 0.1) is 5.02 Å². The van der Waals surface area contributed by atoms with E-state index in [9.17, 15) is 14.0 Å². The number of nitrogens with zero attached hydrogens (tertiary/aromatic N) is 1. The maximum atomic E-state index is 13.4. The molecule has 25 heavy (non-hydrogen) atoms. The summed E-state index contributed by atoms with van der Waals surface area (Å²) < 4.78 is 13.4. The summed E-state index contributed by atoms with van der Waals surface area (Å²) in [5.74, 6) is -0.923. The molecule has 0 saturated heterocycles. The molecule has 1 heterocycles. The molecule has 0 aliphatic carbocycles. The minimum Gasteiger partial charge on any atom is -0.346 e. The van der Waals surface area contributed by atoms with Gasteiger partial charge in [0.2, 0.25) is 0 Å². The van der Waals surface area contributed by atoms with Crippen molar-refractivity contribution in [1.29, 1.82) is 0 Å². The van der Waals surface area contributed by atoms with Crippen LogP contribution in [-0.4, -0.2) is 22.2 Å². The predicted octanol–water partition coefficient (Wildman–Crippen LogP) is 3.76. The Bertz CT molecular complexity index is 800. The number of nitrogens with one attached hydrogen (secondary N) is 1. The standard InChI is InChI=1S/C19H20ClFN2O2/c1-19(2,3)23-18(25)17-11-13(6-7-22-17)9-14(24)8-12-4-5-15(20)16(21)10-12/h4-7,10-11H,8-9H2,1-3H3,(H,23,25). The van der Waals surface area contributed by atoms with Crippen LogP contribution in [0.15, 0.2) is 36.5 Å². The first-order chi connectivity index (χ1) is 11.6. The molecule has 1 N–H and O–H groups in total. The van der Waals surface area contributed by atoms with Crippen molar-refractivity contribution in [3.8, 4) is 0 Å². The van der Waals surface area contributed by atoms with Crippen LogP contribution < -0.4 is 5.32 Å². The number of hydrogen-bond donors (Lipinski definition) is 1. The summed E-state index contributed by atoms with van der Waals surface area (Å²) in [6, 6.07) is 7.60. The Kier molecular flexibility index (Phi) is 5.90. The maximum Gasteiger partial charge on any atom is 0.270 e. The molecule has 0 bridgehead atoms. The van der Waals surface area contributed by atoms with Gasteiger partial charge in [-0.05, 0) is 56.2 Å². The molecular weight excluding hydrogens is 343 g/mol. The van der Waals surface area contributed by atoms with Crippen LogP contribution in [0.2, 0.25) is 5.02 Å². The molecule has 1 amide bonds. The van der Waals surface area contributed by atoms with Crippen LogP contribution in [0.4, 0.5) is 4.39 Å². The molecule has 0 spiro atoms. The first-order valence-corrected chi connectivity index (χ1v) is 8.25. The van der Waals surface area contributed by atoms with Gasteiger partial charge >= 0.3 is 0 Å². The van der Waals surface area contributed by atoms with Gasteiger partial charge in [-0.15, -0.1) is 0 Å². The highest BCUT2D eigenvalue weighted by atomic mass is 35.5. The number of aromatic nitrogens is 1. The zero-order valence-electron chi connectivity index (χ0n) is 14.4. The lowest BCUT2D eigenvalue weighted by molar-refractivity contribution is -0.117. The van der Waals surface area contributed by atoms with E-state index in [1.165, 1.54) is 18.3 Å². The lowest BCUT2D eigenvalue weighted by Crippen LogP contribution is -2.40. The minimum absolute atomic E-state index is 0.0276. The summed E-state index contributed by atoms with van der Waals surface area (Å²) in [7, 11) is 0. The molecule has 0 atom stereocenters. The van der Waals surface area contributed by atoms with Gasteiger partial charge in [-0.3, -0.25) is 14.6 Å². The normalized spacial score (nSPS) is 11.2. The van der Waals surface area contributed by atoms with Gasteiger partial charge in [-0.1, -0.05) is 17.7 Å². The number of Topliss-reactive ketones (excluding diaryl/α,β-unsaturated/α-hetero) is 1. The van der Waals surface area contributed by atoms with E-state index < -0.39 is 5.82 Å². The van der Waals surface area contributed by atoms with E-state index in [-0.39, 0.29) is 40.8 Å². The van der Waals surface area contributed by atoms with Crippen LogP contribution in [-0.2, 0) is 17.6 Å². The van der Waals surface area contributed by atoms with E-state index in [4.69, 9.17) is 11.6 Å².